The van der Waals surface area contributed by atoms with Crippen LogP contribution in [0.3, 0.4) is 0 Å². The zero-order valence-electron chi connectivity index (χ0n) is 17.6. The van der Waals surface area contributed by atoms with E-state index in [1.165, 1.54) is 0 Å². The molecule has 162 valence electrons. The zero-order chi connectivity index (χ0) is 22.2. The van der Waals surface area contributed by atoms with Crippen molar-refractivity contribution < 1.29 is 23.8 Å². The molecule has 1 unspecified atom stereocenters. The van der Waals surface area contributed by atoms with Gasteiger partial charge in [0.25, 0.3) is 5.91 Å². The molecule has 0 bridgehead atoms. The van der Waals surface area contributed by atoms with Crippen molar-refractivity contribution in [2.45, 2.75) is 13.0 Å². The summed E-state index contributed by atoms with van der Waals surface area (Å²) in [7, 11) is 1.63. The molecule has 1 amide bonds. The Morgan fingerprint density at radius 3 is 2.19 bits per heavy atom. The summed E-state index contributed by atoms with van der Waals surface area (Å²) in [5.41, 5.74) is 1.58. The molecule has 1 saturated heterocycles. The van der Waals surface area contributed by atoms with Gasteiger partial charge in [0, 0.05) is 31.9 Å². The van der Waals surface area contributed by atoms with Gasteiger partial charge in [-0.05, 0) is 55.5 Å². The smallest absolute Gasteiger partial charge is 0.347 e. The minimum absolute atomic E-state index is 0.228. The summed E-state index contributed by atoms with van der Waals surface area (Å²) in [6.07, 6.45) is -0.868. The number of esters is 1. The number of carbonyl (C=O) groups excluding carboxylic acids is 2. The topological polar surface area (TPSA) is 92.1 Å². The first-order chi connectivity index (χ1) is 15.0. The SMILES string of the molecule is COc1ccc(N2CCN(C(=O)COC(=O)C(C)Oc3ccc(C#N)cc3)CC2)cc1. The molecule has 8 nitrogen and oxygen atoms in total. The predicted octanol–water partition coefficient (Wildman–Crippen LogP) is 2.23. The number of amides is 1. The largest absolute Gasteiger partial charge is 0.497 e. The molecule has 1 atom stereocenters. The lowest BCUT2D eigenvalue weighted by atomic mass is 10.2. The van der Waals surface area contributed by atoms with Gasteiger partial charge in [-0.25, -0.2) is 4.79 Å². The number of hydrogen-bond donors (Lipinski definition) is 0. The second kappa shape index (κ2) is 10.3. The van der Waals surface area contributed by atoms with Gasteiger partial charge in [0.15, 0.2) is 12.7 Å². The minimum Gasteiger partial charge on any atom is -0.497 e. The van der Waals surface area contributed by atoms with E-state index >= 15 is 0 Å². The summed E-state index contributed by atoms with van der Waals surface area (Å²) in [6.45, 7) is 3.74. The highest BCUT2D eigenvalue weighted by atomic mass is 16.6. The molecule has 31 heavy (non-hydrogen) atoms. The van der Waals surface area contributed by atoms with Crippen molar-refractivity contribution in [2.75, 3.05) is 44.8 Å². The molecule has 0 N–H and O–H groups in total. The number of methoxy groups -OCH3 is 1. The summed E-state index contributed by atoms with van der Waals surface area (Å²) >= 11 is 0. The van der Waals surface area contributed by atoms with Gasteiger partial charge in [0.05, 0.1) is 18.7 Å². The number of carbonyl (C=O) groups is 2. The number of nitrogens with zero attached hydrogens (tertiary/aromatic N) is 3. The Bertz CT molecular complexity index is 929. The van der Waals surface area contributed by atoms with Gasteiger partial charge in [-0.2, -0.15) is 5.26 Å². The van der Waals surface area contributed by atoms with E-state index in [1.807, 2.05) is 30.3 Å². The van der Waals surface area contributed by atoms with E-state index < -0.39 is 12.1 Å². The second-order valence-electron chi connectivity index (χ2n) is 7.07. The van der Waals surface area contributed by atoms with E-state index in [1.54, 1.807) is 43.2 Å². The number of anilines is 1. The molecule has 0 aromatic heterocycles. The summed E-state index contributed by atoms with van der Waals surface area (Å²) in [5.74, 6) is 0.407. The first kappa shape index (κ1) is 22.0. The Kier molecular flexibility index (Phi) is 7.33. The van der Waals surface area contributed by atoms with Gasteiger partial charge in [-0.1, -0.05) is 0 Å². The van der Waals surface area contributed by atoms with Crippen LogP contribution in [0.15, 0.2) is 48.5 Å². The van der Waals surface area contributed by atoms with Crippen LogP contribution < -0.4 is 14.4 Å². The lowest BCUT2D eigenvalue weighted by Gasteiger charge is -2.36. The van der Waals surface area contributed by atoms with E-state index in [4.69, 9.17) is 19.5 Å². The molecule has 2 aromatic carbocycles. The normalized spacial score (nSPS) is 14.4. The molecule has 8 heteroatoms. The summed E-state index contributed by atoms with van der Waals surface area (Å²) in [4.78, 5) is 28.5. The van der Waals surface area contributed by atoms with E-state index in [0.29, 0.717) is 37.5 Å². The predicted molar refractivity (Wildman–Crippen MR) is 114 cm³/mol. The first-order valence-electron chi connectivity index (χ1n) is 10.0. The van der Waals surface area contributed by atoms with Crippen LogP contribution in [0.2, 0.25) is 0 Å². The molecular weight excluding hydrogens is 398 g/mol. The molecule has 0 spiro atoms. The maximum atomic E-state index is 12.4. The number of rotatable bonds is 7. The quantitative estimate of drug-likeness (QED) is 0.631. The third-order valence-electron chi connectivity index (χ3n) is 5.04. The maximum absolute atomic E-state index is 12.4. The van der Waals surface area contributed by atoms with Crippen molar-refractivity contribution in [3.05, 3.63) is 54.1 Å². The lowest BCUT2D eigenvalue weighted by molar-refractivity contribution is -0.157. The molecule has 2 aromatic rings. The molecular formula is C23H25N3O5. The standard InChI is InChI=1S/C23H25N3O5/c1-17(31-21-7-3-18(15-24)4-8-21)23(28)30-16-22(27)26-13-11-25(12-14-26)19-5-9-20(29-2)10-6-19/h3-10,17H,11-14,16H2,1-2H3. The van der Waals surface area contributed by atoms with Crippen LogP contribution in [0.4, 0.5) is 5.69 Å². The van der Waals surface area contributed by atoms with E-state index in [9.17, 15) is 9.59 Å². The van der Waals surface area contributed by atoms with Gasteiger partial charge < -0.3 is 24.0 Å². The van der Waals surface area contributed by atoms with Crippen molar-refractivity contribution >= 4 is 17.6 Å². The zero-order valence-corrected chi connectivity index (χ0v) is 17.6. The molecule has 0 radical (unpaired) electrons. The molecule has 1 fully saturated rings. The second-order valence-corrected chi connectivity index (χ2v) is 7.07. The van der Waals surface area contributed by atoms with Gasteiger partial charge in [0.1, 0.15) is 11.5 Å². The summed E-state index contributed by atoms with van der Waals surface area (Å²) in [6, 6.07) is 16.2. The van der Waals surface area contributed by atoms with Crippen LogP contribution in [-0.2, 0) is 14.3 Å². The third kappa shape index (κ3) is 5.89. The minimum atomic E-state index is -0.868. The first-order valence-corrected chi connectivity index (χ1v) is 10.0. The molecule has 1 aliphatic heterocycles. The van der Waals surface area contributed by atoms with Crippen molar-refractivity contribution in [1.29, 1.82) is 5.26 Å². The van der Waals surface area contributed by atoms with Crippen LogP contribution in [0.1, 0.15) is 12.5 Å². The molecule has 3 rings (SSSR count). The van der Waals surface area contributed by atoms with Crippen LogP contribution in [0, 0.1) is 11.3 Å². The highest BCUT2D eigenvalue weighted by Crippen LogP contribution is 2.20. The molecule has 1 heterocycles. The van der Waals surface area contributed by atoms with Crippen LogP contribution in [-0.4, -0.2) is 62.8 Å². The van der Waals surface area contributed by atoms with Crippen molar-refractivity contribution in [3.63, 3.8) is 0 Å². The number of hydrogen-bond acceptors (Lipinski definition) is 7. The van der Waals surface area contributed by atoms with Gasteiger partial charge in [0.2, 0.25) is 0 Å². The third-order valence-corrected chi connectivity index (χ3v) is 5.04. The highest BCUT2D eigenvalue weighted by molar-refractivity contribution is 5.82. The number of ether oxygens (including phenoxy) is 3. The van der Waals surface area contributed by atoms with E-state index in [2.05, 4.69) is 4.90 Å². The Morgan fingerprint density at radius 2 is 1.61 bits per heavy atom. The molecule has 1 aliphatic rings. The Hall–Kier alpha value is -3.73. The number of benzene rings is 2. The van der Waals surface area contributed by atoms with E-state index in [0.717, 1.165) is 11.4 Å². The highest BCUT2D eigenvalue weighted by Gasteiger charge is 2.24. The monoisotopic (exact) mass is 423 g/mol. The van der Waals surface area contributed by atoms with Crippen molar-refractivity contribution in [1.82, 2.24) is 4.90 Å². The van der Waals surface area contributed by atoms with Crippen LogP contribution in [0.5, 0.6) is 11.5 Å². The van der Waals surface area contributed by atoms with Gasteiger partial charge >= 0.3 is 5.97 Å². The van der Waals surface area contributed by atoms with Gasteiger partial charge in [-0.15, -0.1) is 0 Å². The Balaban J connectivity index is 1.41. The Morgan fingerprint density at radius 1 is 1.00 bits per heavy atom. The maximum Gasteiger partial charge on any atom is 0.347 e. The van der Waals surface area contributed by atoms with Gasteiger partial charge in [-0.3, -0.25) is 4.79 Å². The fourth-order valence-electron chi connectivity index (χ4n) is 3.21. The van der Waals surface area contributed by atoms with Crippen LogP contribution >= 0.6 is 0 Å². The summed E-state index contributed by atoms with van der Waals surface area (Å²) in [5, 5.41) is 8.81. The number of piperazine rings is 1. The summed E-state index contributed by atoms with van der Waals surface area (Å²) < 4.78 is 15.8. The van der Waals surface area contributed by atoms with Crippen molar-refractivity contribution in [2.24, 2.45) is 0 Å². The fourth-order valence-corrected chi connectivity index (χ4v) is 3.21. The lowest BCUT2D eigenvalue weighted by Crippen LogP contribution is -2.50. The molecule has 0 saturated carbocycles. The Labute approximate surface area is 181 Å². The van der Waals surface area contributed by atoms with Crippen molar-refractivity contribution in [3.8, 4) is 17.6 Å². The van der Waals surface area contributed by atoms with E-state index in [-0.39, 0.29) is 12.5 Å². The average molecular weight is 423 g/mol. The average Bonchev–Trinajstić information content (AvgIpc) is 2.83. The number of nitriles is 1. The molecule has 0 aliphatic carbocycles. The van der Waals surface area contributed by atoms with Crippen LogP contribution in [0.25, 0.3) is 0 Å². The fraction of sp³-hybridized carbons (Fsp3) is 0.348.